The fraction of sp³-hybridized carbons (Fsp3) is 0.233. The van der Waals surface area contributed by atoms with E-state index in [1.54, 1.807) is 6.07 Å². The highest BCUT2D eigenvalue weighted by atomic mass is 19.4. The van der Waals surface area contributed by atoms with E-state index in [9.17, 15) is 23.2 Å². The van der Waals surface area contributed by atoms with Gasteiger partial charge in [-0.3, -0.25) is 9.69 Å². The summed E-state index contributed by atoms with van der Waals surface area (Å²) in [5, 5.41) is 15.6. The number of nitriles is 1. The minimum Gasteiger partial charge on any atom is -0.321 e. The summed E-state index contributed by atoms with van der Waals surface area (Å²) in [6.45, 7) is 2.04. The van der Waals surface area contributed by atoms with Gasteiger partial charge in [0.15, 0.2) is 5.69 Å². The molecule has 1 aliphatic carbocycles. The van der Waals surface area contributed by atoms with Crippen LogP contribution in [0.5, 0.6) is 0 Å². The van der Waals surface area contributed by atoms with E-state index in [1.165, 1.54) is 24.3 Å². The van der Waals surface area contributed by atoms with E-state index in [-0.39, 0.29) is 23.0 Å². The van der Waals surface area contributed by atoms with Crippen LogP contribution in [0.15, 0.2) is 78.9 Å². The first-order valence-electron chi connectivity index (χ1n) is 12.5. The Balaban J connectivity index is 1.49. The number of aryl methyl sites for hydroxylation is 1. The van der Waals surface area contributed by atoms with Crippen LogP contribution in [0.1, 0.15) is 57.3 Å². The number of carbonyl (C=O) groups excluding carboxylic acids is 1. The molecule has 198 valence electrons. The molecule has 1 N–H and O–H groups in total. The molecule has 1 heterocycles. The molecule has 0 spiro atoms. The number of halogens is 3. The van der Waals surface area contributed by atoms with Crippen molar-refractivity contribution in [3.8, 4) is 11.8 Å². The van der Waals surface area contributed by atoms with Crippen LogP contribution in [-0.2, 0) is 6.18 Å². The lowest BCUT2D eigenvalue weighted by molar-refractivity contribution is -0.141. The van der Waals surface area contributed by atoms with Gasteiger partial charge >= 0.3 is 6.18 Å². The van der Waals surface area contributed by atoms with Crippen LogP contribution in [0.4, 0.5) is 18.9 Å². The maximum Gasteiger partial charge on any atom is 0.435 e. The number of carbonyl (C=O) groups is 1. The van der Waals surface area contributed by atoms with Gasteiger partial charge in [0.1, 0.15) is 5.69 Å². The second-order valence-corrected chi connectivity index (χ2v) is 9.78. The van der Waals surface area contributed by atoms with E-state index < -0.39 is 17.8 Å². The van der Waals surface area contributed by atoms with E-state index in [4.69, 9.17) is 0 Å². The van der Waals surface area contributed by atoms with Gasteiger partial charge in [0.2, 0.25) is 0 Å². The molecule has 6 nitrogen and oxygen atoms in total. The molecule has 1 aliphatic rings. The first-order valence-corrected chi connectivity index (χ1v) is 12.5. The third kappa shape index (κ3) is 5.71. The van der Waals surface area contributed by atoms with E-state index >= 15 is 0 Å². The fourth-order valence-electron chi connectivity index (χ4n) is 4.76. The Morgan fingerprint density at radius 1 is 1.05 bits per heavy atom. The van der Waals surface area contributed by atoms with E-state index in [2.05, 4.69) is 34.5 Å². The number of nitrogens with one attached hydrogen (secondary N) is 1. The number of hydrogen-bond donors (Lipinski definition) is 1. The average molecular weight is 530 g/mol. The molecule has 0 bridgehead atoms. The summed E-state index contributed by atoms with van der Waals surface area (Å²) in [4.78, 5) is 15.7. The summed E-state index contributed by atoms with van der Waals surface area (Å²) in [7, 11) is 2.09. The number of amides is 1. The molecule has 9 heteroatoms. The Morgan fingerprint density at radius 2 is 1.74 bits per heavy atom. The largest absolute Gasteiger partial charge is 0.435 e. The van der Waals surface area contributed by atoms with Crippen molar-refractivity contribution in [2.75, 3.05) is 12.4 Å². The zero-order valence-corrected chi connectivity index (χ0v) is 21.4. The monoisotopic (exact) mass is 529 g/mol. The van der Waals surface area contributed by atoms with Gasteiger partial charge in [0.25, 0.3) is 5.91 Å². The summed E-state index contributed by atoms with van der Waals surface area (Å²) in [6, 6.07) is 24.6. The van der Waals surface area contributed by atoms with Gasteiger partial charge in [0, 0.05) is 17.8 Å². The molecule has 0 aliphatic heterocycles. The Morgan fingerprint density at radius 3 is 2.41 bits per heavy atom. The molecule has 1 aromatic heterocycles. The molecule has 0 saturated heterocycles. The molecular weight excluding hydrogens is 503 g/mol. The van der Waals surface area contributed by atoms with E-state index in [0.29, 0.717) is 17.8 Å². The predicted octanol–water partition coefficient (Wildman–Crippen LogP) is 6.51. The minimum atomic E-state index is -4.75. The maximum absolute atomic E-state index is 13.5. The Hall–Kier alpha value is -4.42. The molecule has 3 aromatic carbocycles. The molecule has 1 saturated carbocycles. The van der Waals surface area contributed by atoms with Crippen molar-refractivity contribution >= 4 is 11.6 Å². The van der Waals surface area contributed by atoms with Gasteiger partial charge in [-0.15, -0.1) is 0 Å². The highest BCUT2D eigenvalue weighted by Gasteiger charge is 2.36. The molecule has 39 heavy (non-hydrogen) atoms. The number of anilines is 1. The topological polar surface area (TPSA) is 74.0 Å². The van der Waals surface area contributed by atoms with Crippen LogP contribution in [0, 0.1) is 18.3 Å². The summed E-state index contributed by atoms with van der Waals surface area (Å²) < 4.78 is 41.6. The standard InChI is InChI=1S/C30H26F3N5O/c1-19-6-3-8-21(14-19)28(37(2)24-12-13-24)22-9-5-10-23(16-22)35-29(39)26-17-27(30(31,32)33)36-38(26)25-11-4-7-20(15-25)18-34/h3-11,14-17,24,28H,12-13H2,1-2H3,(H,35,39). The van der Waals surface area contributed by atoms with Gasteiger partial charge in [0.05, 0.1) is 23.4 Å². The van der Waals surface area contributed by atoms with Crippen LogP contribution in [0.3, 0.4) is 0 Å². The Bertz CT molecular complexity index is 1570. The van der Waals surface area contributed by atoms with Crippen molar-refractivity contribution in [2.45, 2.75) is 38.0 Å². The number of hydrogen-bond acceptors (Lipinski definition) is 4. The summed E-state index contributed by atoms with van der Waals surface area (Å²) in [5.41, 5.74) is 2.58. The molecule has 4 aromatic rings. The van der Waals surface area contributed by atoms with Crippen LogP contribution >= 0.6 is 0 Å². The van der Waals surface area contributed by atoms with Crippen molar-refractivity contribution in [1.82, 2.24) is 14.7 Å². The van der Waals surface area contributed by atoms with Gasteiger partial charge in [-0.2, -0.15) is 23.5 Å². The Labute approximate surface area is 224 Å². The van der Waals surface area contributed by atoms with E-state index in [0.717, 1.165) is 34.2 Å². The summed E-state index contributed by atoms with van der Waals surface area (Å²) in [5.74, 6) is -0.750. The number of nitrogens with zero attached hydrogens (tertiary/aromatic N) is 4. The maximum atomic E-state index is 13.5. The van der Waals surface area contributed by atoms with Crippen molar-refractivity contribution in [2.24, 2.45) is 0 Å². The molecular formula is C30H26F3N5O. The second-order valence-electron chi connectivity index (χ2n) is 9.78. The molecule has 5 rings (SSSR count). The highest BCUT2D eigenvalue weighted by molar-refractivity contribution is 6.03. The average Bonchev–Trinajstić information content (AvgIpc) is 3.65. The molecule has 1 atom stereocenters. The van der Waals surface area contributed by atoms with Crippen LogP contribution < -0.4 is 5.32 Å². The smallest absolute Gasteiger partial charge is 0.321 e. The highest BCUT2D eigenvalue weighted by Crippen LogP contribution is 2.38. The quantitative estimate of drug-likeness (QED) is 0.296. The van der Waals surface area contributed by atoms with E-state index in [1.807, 2.05) is 43.3 Å². The second kappa shape index (κ2) is 10.4. The van der Waals surface area contributed by atoms with Gasteiger partial charge in [-0.1, -0.05) is 48.0 Å². The van der Waals surface area contributed by atoms with Crippen molar-refractivity contribution in [3.05, 3.63) is 113 Å². The number of alkyl halides is 3. The van der Waals surface area contributed by atoms with Crippen molar-refractivity contribution < 1.29 is 18.0 Å². The van der Waals surface area contributed by atoms with Crippen LogP contribution in [0.2, 0.25) is 0 Å². The lowest BCUT2D eigenvalue weighted by atomic mass is 9.95. The molecule has 0 radical (unpaired) electrons. The van der Waals surface area contributed by atoms with Gasteiger partial charge in [-0.25, -0.2) is 4.68 Å². The first-order chi connectivity index (χ1) is 18.6. The minimum absolute atomic E-state index is 0.0506. The number of aromatic nitrogens is 2. The van der Waals surface area contributed by atoms with Crippen LogP contribution in [0.25, 0.3) is 5.69 Å². The number of benzene rings is 3. The zero-order valence-electron chi connectivity index (χ0n) is 21.4. The zero-order chi connectivity index (χ0) is 27.7. The Kier molecular flexibility index (Phi) is 6.98. The SMILES string of the molecule is Cc1cccc(C(c2cccc(NC(=O)c3cc(C(F)(F)F)nn3-c3cccc(C#N)c3)c2)N(C)C2CC2)c1. The fourth-order valence-corrected chi connectivity index (χ4v) is 4.76. The first kappa shape index (κ1) is 26.2. The van der Waals surface area contributed by atoms with Gasteiger partial charge in [-0.05, 0) is 68.3 Å². The molecule has 1 fully saturated rings. The summed E-state index contributed by atoms with van der Waals surface area (Å²) in [6.07, 6.45) is -2.51. The predicted molar refractivity (Wildman–Crippen MR) is 141 cm³/mol. The number of rotatable bonds is 7. The normalized spacial score (nSPS) is 14.2. The van der Waals surface area contributed by atoms with Crippen molar-refractivity contribution in [3.63, 3.8) is 0 Å². The molecule has 1 unspecified atom stereocenters. The third-order valence-corrected chi connectivity index (χ3v) is 6.80. The van der Waals surface area contributed by atoms with Crippen LogP contribution in [-0.4, -0.2) is 33.7 Å². The summed E-state index contributed by atoms with van der Waals surface area (Å²) >= 11 is 0. The van der Waals surface area contributed by atoms with Crippen molar-refractivity contribution in [1.29, 1.82) is 5.26 Å². The lowest BCUT2D eigenvalue weighted by Gasteiger charge is -2.29. The molecule has 1 amide bonds. The third-order valence-electron chi connectivity index (χ3n) is 6.80. The van der Waals surface area contributed by atoms with Gasteiger partial charge < -0.3 is 5.32 Å². The lowest BCUT2D eigenvalue weighted by Crippen LogP contribution is -2.27.